The van der Waals surface area contributed by atoms with E-state index in [0.29, 0.717) is 28.7 Å². The first kappa shape index (κ1) is 15.7. The highest BCUT2D eigenvalue weighted by molar-refractivity contribution is 5.86. The Hall–Kier alpha value is -2.79. The van der Waals surface area contributed by atoms with Crippen molar-refractivity contribution in [2.75, 3.05) is 7.11 Å². The van der Waals surface area contributed by atoms with E-state index in [2.05, 4.69) is 0 Å². The van der Waals surface area contributed by atoms with Gasteiger partial charge in [-0.25, -0.2) is 4.79 Å². The molecule has 0 bridgehead atoms. The summed E-state index contributed by atoms with van der Waals surface area (Å²) in [5, 5.41) is 10.4. The molecule has 128 valence electrons. The summed E-state index contributed by atoms with van der Waals surface area (Å²) in [5.74, 6) is -0.628. The highest BCUT2D eigenvalue weighted by atomic mass is 16.7. The van der Waals surface area contributed by atoms with E-state index in [4.69, 9.17) is 13.9 Å². The molecule has 1 aliphatic rings. The Morgan fingerprint density at radius 1 is 1.20 bits per heavy atom. The quantitative estimate of drug-likeness (QED) is 0.720. The third-order valence-electron chi connectivity index (χ3n) is 4.75. The van der Waals surface area contributed by atoms with Gasteiger partial charge in [-0.15, -0.1) is 0 Å². The zero-order valence-electron chi connectivity index (χ0n) is 14.0. The van der Waals surface area contributed by atoms with Crippen LogP contribution in [0.25, 0.3) is 11.0 Å². The van der Waals surface area contributed by atoms with Gasteiger partial charge in [0.15, 0.2) is 0 Å². The summed E-state index contributed by atoms with van der Waals surface area (Å²) in [7, 11) is 1.58. The van der Waals surface area contributed by atoms with E-state index in [1.54, 1.807) is 19.2 Å². The number of rotatable bonds is 2. The molecule has 5 nitrogen and oxygen atoms in total. The van der Waals surface area contributed by atoms with Gasteiger partial charge in [0.1, 0.15) is 17.1 Å². The number of benzene rings is 2. The van der Waals surface area contributed by atoms with Gasteiger partial charge in [0.2, 0.25) is 5.79 Å². The van der Waals surface area contributed by atoms with Crippen molar-refractivity contribution in [1.82, 2.24) is 0 Å². The average Bonchev–Trinajstić information content (AvgIpc) is 2.62. The molecular weight excluding hydrogens is 320 g/mol. The number of methoxy groups -OCH3 is 1. The normalized spacial score (nSPS) is 22.4. The Morgan fingerprint density at radius 2 is 1.96 bits per heavy atom. The topological polar surface area (TPSA) is 68.9 Å². The van der Waals surface area contributed by atoms with Crippen molar-refractivity contribution in [2.45, 2.75) is 25.0 Å². The number of phenolic OH excluding ortho intramolecular Hbond substituents is 1. The van der Waals surface area contributed by atoms with Crippen LogP contribution in [0.3, 0.4) is 0 Å². The summed E-state index contributed by atoms with van der Waals surface area (Å²) < 4.78 is 17.1. The van der Waals surface area contributed by atoms with Gasteiger partial charge in [-0.05, 0) is 23.8 Å². The van der Waals surface area contributed by atoms with Gasteiger partial charge in [0.25, 0.3) is 0 Å². The third-order valence-corrected chi connectivity index (χ3v) is 4.75. The fourth-order valence-electron chi connectivity index (χ4n) is 3.41. The SMILES string of the molecule is COC1(C)C[C@H](c2ccccc2)c2c(c3cc(O)ccc3oc2=O)O1. The standard InChI is InChI=1S/C20H18O5/c1-20(23-2)11-15(12-6-4-3-5-7-12)17-18(25-20)14-10-13(21)8-9-16(14)24-19(17)22/h3-10,15,21H,11H2,1-2H3/t15-,20?/m1/s1. The number of ether oxygens (including phenoxy) is 2. The second kappa shape index (κ2) is 5.63. The average molecular weight is 338 g/mol. The minimum absolute atomic E-state index is 0.0769. The maximum Gasteiger partial charge on any atom is 0.343 e. The minimum Gasteiger partial charge on any atom is -0.508 e. The minimum atomic E-state index is -0.889. The third kappa shape index (κ3) is 2.57. The zero-order valence-corrected chi connectivity index (χ0v) is 14.0. The molecule has 3 aromatic rings. The van der Waals surface area contributed by atoms with Crippen LogP contribution >= 0.6 is 0 Å². The molecule has 1 unspecified atom stereocenters. The van der Waals surface area contributed by atoms with E-state index < -0.39 is 11.4 Å². The number of hydrogen-bond donors (Lipinski definition) is 1. The molecular formula is C20H18O5. The number of fused-ring (bicyclic) bond motifs is 3. The monoisotopic (exact) mass is 338 g/mol. The molecule has 2 atom stereocenters. The fraction of sp³-hybridized carbons (Fsp3) is 0.250. The van der Waals surface area contributed by atoms with Gasteiger partial charge >= 0.3 is 5.63 Å². The maximum absolute atomic E-state index is 12.7. The Morgan fingerprint density at radius 3 is 2.68 bits per heavy atom. The van der Waals surface area contributed by atoms with Gasteiger partial charge in [-0.1, -0.05) is 30.3 Å². The number of hydrogen-bond acceptors (Lipinski definition) is 5. The smallest absolute Gasteiger partial charge is 0.343 e. The van der Waals surface area contributed by atoms with E-state index in [0.717, 1.165) is 5.56 Å². The Balaban J connectivity index is 2.04. The van der Waals surface area contributed by atoms with Crippen LogP contribution in [0.5, 0.6) is 11.5 Å². The molecule has 1 aliphatic heterocycles. The van der Waals surface area contributed by atoms with Crippen LogP contribution < -0.4 is 10.4 Å². The molecule has 0 saturated heterocycles. The highest BCUT2D eigenvalue weighted by Crippen LogP contribution is 2.46. The van der Waals surface area contributed by atoms with Gasteiger partial charge in [0, 0.05) is 26.4 Å². The van der Waals surface area contributed by atoms with E-state index in [1.165, 1.54) is 6.07 Å². The van der Waals surface area contributed by atoms with Crippen LogP contribution in [0.2, 0.25) is 0 Å². The zero-order chi connectivity index (χ0) is 17.6. The summed E-state index contributed by atoms with van der Waals surface area (Å²) in [4.78, 5) is 12.7. The molecule has 0 amide bonds. The Labute approximate surface area is 144 Å². The van der Waals surface area contributed by atoms with Crippen molar-refractivity contribution in [3.05, 3.63) is 70.1 Å². The summed E-state index contributed by atoms with van der Waals surface area (Å²) in [6, 6.07) is 14.3. The van der Waals surface area contributed by atoms with Gasteiger partial charge in [0.05, 0.1) is 10.9 Å². The summed E-state index contributed by atoms with van der Waals surface area (Å²) >= 11 is 0. The van der Waals surface area contributed by atoms with Crippen LogP contribution in [0.15, 0.2) is 57.7 Å². The van der Waals surface area contributed by atoms with Crippen molar-refractivity contribution in [3.8, 4) is 11.5 Å². The lowest BCUT2D eigenvalue weighted by atomic mass is 9.83. The van der Waals surface area contributed by atoms with Crippen molar-refractivity contribution >= 4 is 11.0 Å². The second-order valence-electron chi connectivity index (χ2n) is 6.42. The van der Waals surface area contributed by atoms with E-state index in [-0.39, 0.29) is 11.7 Å². The molecule has 25 heavy (non-hydrogen) atoms. The van der Waals surface area contributed by atoms with Crippen molar-refractivity contribution < 1.29 is 19.0 Å². The molecule has 1 aromatic heterocycles. The molecule has 0 fully saturated rings. The van der Waals surface area contributed by atoms with Crippen LogP contribution in [0.1, 0.15) is 30.4 Å². The predicted molar refractivity (Wildman–Crippen MR) is 93.1 cm³/mol. The van der Waals surface area contributed by atoms with E-state index >= 15 is 0 Å². The summed E-state index contributed by atoms with van der Waals surface area (Å²) in [6.45, 7) is 1.84. The Kier molecular flexibility index (Phi) is 3.54. The lowest BCUT2D eigenvalue weighted by Crippen LogP contribution is -2.41. The van der Waals surface area contributed by atoms with Crippen molar-refractivity contribution in [2.24, 2.45) is 0 Å². The first-order valence-electron chi connectivity index (χ1n) is 8.09. The van der Waals surface area contributed by atoms with Crippen molar-refractivity contribution in [1.29, 1.82) is 0 Å². The Bertz CT molecular complexity index is 992. The molecule has 5 heteroatoms. The second-order valence-corrected chi connectivity index (χ2v) is 6.42. The fourth-order valence-corrected chi connectivity index (χ4v) is 3.41. The molecule has 4 rings (SSSR count). The van der Waals surface area contributed by atoms with Crippen LogP contribution in [-0.4, -0.2) is 18.0 Å². The predicted octanol–water partition coefficient (Wildman–Crippen LogP) is 3.78. The van der Waals surface area contributed by atoms with E-state index in [9.17, 15) is 9.90 Å². The number of aromatic hydroxyl groups is 1. The molecule has 1 N–H and O–H groups in total. The summed E-state index contributed by atoms with van der Waals surface area (Å²) in [6.07, 6.45) is 0.482. The van der Waals surface area contributed by atoms with Crippen LogP contribution in [0.4, 0.5) is 0 Å². The van der Waals surface area contributed by atoms with Crippen LogP contribution in [-0.2, 0) is 4.74 Å². The maximum atomic E-state index is 12.7. The van der Waals surface area contributed by atoms with E-state index in [1.807, 2.05) is 37.3 Å². The molecule has 2 heterocycles. The van der Waals surface area contributed by atoms with Gasteiger partial charge < -0.3 is 19.0 Å². The molecule has 0 radical (unpaired) electrons. The number of phenols is 1. The summed E-state index contributed by atoms with van der Waals surface area (Å²) in [5.41, 5.74) is 1.38. The van der Waals surface area contributed by atoms with Gasteiger partial charge in [-0.3, -0.25) is 0 Å². The molecule has 0 spiro atoms. The van der Waals surface area contributed by atoms with Crippen molar-refractivity contribution in [3.63, 3.8) is 0 Å². The molecule has 0 saturated carbocycles. The molecule has 2 aromatic carbocycles. The largest absolute Gasteiger partial charge is 0.508 e. The highest BCUT2D eigenvalue weighted by Gasteiger charge is 2.41. The first-order chi connectivity index (χ1) is 12.0. The molecule has 0 aliphatic carbocycles. The van der Waals surface area contributed by atoms with Gasteiger partial charge in [-0.2, -0.15) is 0 Å². The first-order valence-corrected chi connectivity index (χ1v) is 8.09. The lowest BCUT2D eigenvalue weighted by molar-refractivity contribution is -0.163. The van der Waals surface area contributed by atoms with Crippen LogP contribution in [0, 0.1) is 0 Å². The lowest BCUT2D eigenvalue weighted by Gasteiger charge is -2.38.